The first-order valence-corrected chi connectivity index (χ1v) is 10.3. The molecule has 6 heteroatoms. The molecular weight excluding hydrogens is 381 g/mol. The average molecular weight is 407 g/mol. The Bertz CT molecular complexity index is 1070. The van der Waals surface area contributed by atoms with E-state index < -0.39 is 5.78 Å². The van der Waals surface area contributed by atoms with Crippen molar-refractivity contribution in [3.05, 3.63) is 71.2 Å². The third kappa shape index (κ3) is 4.35. The molecule has 1 aliphatic rings. The van der Waals surface area contributed by atoms with Gasteiger partial charge in [-0.15, -0.1) is 0 Å². The second-order valence-corrected chi connectivity index (χ2v) is 7.95. The van der Waals surface area contributed by atoms with E-state index >= 15 is 0 Å². The van der Waals surface area contributed by atoms with E-state index in [1.165, 1.54) is 6.07 Å². The number of ketones is 1. The van der Waals surface area contributed by atoms with Crippen molar-refractivity contribution in [2.75, 3.05) is 32.7 Å². The van der Waals surface area contributed by atoms with Crippen LogP contribution in [0.25, 0.3) is 10.9 Å². The van der Waals surface area contributed by atoms with Gasteiger partial charge in [0, 0.05) is 68.5 Å². The summed E-state index contributed by atoms with van der Waals surface area (Å²) in [6.07, 6.45) is 2.19. The van der Waals surface area contributed by atoms with Crippen molar-refractivity contribution in [3.63, 3.8) is 0 Å². The van der Waals surface area contributed by atoms with E-state index in [1.807, 2.05) is 37.3 Å². The number of benzene rings is 2. The van der Waals surface area contributed by atoms with Crippen LogP contribution in [0.4, 0.5) is 4.39 Å². The first kappa shape index (κ1) is 20.4. The van der Waals surface area contributed by atoms with Crippen LogP contribution in [0.2, 0.25) is 0 Å². The number of hydrogen-bond acceptors (Lipinski definition) is 4. The maximum Gasteiger partial charge on any atom is 0.227 e. The minimum atomic E-state index is -0.480. The normalized spacial score (nSPS) is 15.5. The third-order valence-corrected chi connectivity index (χ3v) is 5.88. The highest BCUT2D eigenvalue weighted by atomic mass is 19.1. The van der Waals surface area contributed by atoms with Crippen molar-refractivity contribution >= 4 is 23.0 Å². The molecule has 3 aromatic rings. The average Bonchev–Trinajstić information content (AvgIpc) is 3.12. The van der Waals surface area contributed by atoms with Gasteiger partial charge >= 0.3 is 0 Å². The smallest absolute Gasteiger partial charge is 0.227 e. The molecule has 0 N–H and O–H groups in total. The highest BCUT2D eigenvalue weighted by Gasteiger charge is 2.19. The highest BCUT2D eigenvalue weighted by molar-refractivity contribution is 6.36. The largest absolute Gasteiger partial charge is 0.345 e. The van der Waals surface area contributed by atoms with Crippen LogP contribution in [0.1, 0.15) is 21.5 Å². The summed E-state index contributed by atoms with van der Waals surface area (Å²) in [6.45, 7) is 7.87. The number of aryl methyl sites for hydroxylation is 1. The van der Waals surface area contributed by atoms with Gasteiger partial charge in [-0.3, -0.25) is 19.4 Å². The van der Waals surface area contributed by atoms with E-state index in [1.54, 1.807) is 12.3 Å². The molecule has 1 aliphatic heterocycles. The zero-order chi connectivity index (χ0) is 21.1. The van der Waals surface area contributed by atoms with Crippen LogP contribution in [0.15, 0.2) is 48.7 Å². The molecule has 2 aromatic carbocycles. The Morgan fingerprint density at radius 3 is 2.50 bits per heavy atom. The number of halogens is 1. The lowest BCUT2D eigenvalue weighted by Crippen LogP contribution is -2.46. The summed E-state index contributed by atoms with van der Waals surface area (Å²) in [5.74, 6) is -0.624. The maximum atomic E-state index is 13.9. The molecule has 0 radical (unpaired) electrons. The summed E-state index contributed by atoms with van der Waals surface area (Å²) in [5, 5.41) is 0.835. The molecule has 1 saturated heterocycles. The van der Waals surface area contributed by atoms with Crippen LogP contribution < -0.4 is 0 Å². The van der Waals surface area contributed by atoms with E-state index in [9.17, 15) is 14.0 Å². The first-order valence-electron chi connectivity index (χ1n) is 10.3. The molecule has 0 unspecified atom stereocenters. The number of fused-ring (bicyclic) bond motifs is 1. The maximum absolute atomic E-state index is 13.9. The fraction of sp³-hybridized carbons (Fsp3) is 0.333. The molecule has 2 heterocycles. The van der Waals surface area contributed by atoms with Crippen LogP contribution in [0.5, 0.6) is 0 Å². The number of carbonyl (C=O) groups is 2. The Morgan fingerprint density at radius 1 is 1.03 bits per heavy atom. The standard InChI is InChI=1S/C24H26FN3O2/c1-18-6-7-23-20(14-18)21(24(30)17-29)16-28(23)13-12-26-8-10-27(11-9-26)15-19-4-2-3-5-22(19)25/h2-7,14,16-17H,8-13,15H2,1H3. The number of aldehydes is 1. The first-order chi connectivity index (χ1) is 14.5. The highest BCUT2D eigenvalue weighted by Crippen LogP contribution is 2.23. The summed E-state index contributed by atoms with van der Waals surface area (Å²) < 4.78 is 15.9. The van der Waals surface area contributed by atoms with Crippen molar-refractivity contribution in [2.24, 2.45) is 0 Å². The monoisotopic (exact) mass is 407 g/mol. The number of nitrogens with zero attached hydrogens (tertiary/aromatic N) is 3. The Morgan fingerprint density at radius 2 is 1.77 bits per heavy atom. The number of hydrogen-bond donors (Lipinski definition) is 0. The van der Waals surface area contributed by atoms with Gasteiger partial charge in [0.05, 0.1) is 5.56 Å². The number of aromatic nitrogens is 1. The van der Waals surface area contributed by atoms with Gasteiger partial charge in [0.15, 0.2) is 6.29 Å². The fourth-order valence-corrected chi connectivity index (χ4v) is 4.14. The Hall–Kier alpha value is -2.83. The lowest BCUT2D eigenvalue weighted by atomic mass is 10.1. The Labute approximate surface area is 175 Å². The van der Waals surface area contributed by atoms with Crippen LogP contribution in [0, 0.1) is 12.7 Å². The van der Waals surface area contributed by atoms with Gasteiger partial charge in [-0.25, -0.2) is 4.39 Å². The van der Waals surface area contributed by atoms with Gasteiger partial charge in [-0.2, -0.15) is 0 Å². The molecule has 0 aliphatic carbocycles. The van der Waals surface area contributed by atoms with Gasteiger partial charge in [-0.1, -0.05) is 29.8 Å². The molecule has 1 fully saturated rings. The number of carbonyl (C=O) groups excluding carboxylic acids is 2. The molecule has 0 amide bonds. The van der Waals surface area contributed by atoms with Gasteiger partial charge in [0.2, 0.25) is 5.78 Å². The fourth-order valence-electron chi connectivity index (χ4n) is 4.14. The van der Waals surface area contributed by atoms with Crippen LogP contribution in [-0.4, -0.2) is 59.2 Å². The molecule has 30 heavy (non-hydrogen) atoms. The van der Waals surface area contributed by atoms with Crippen molar-refractivity contribution in [3.8, 4) is 0 Å². The van der Waals surface area contributed by atoms with Gasteiger partial charge in [0.1, 0.15) is 5.82 Å². The predicted molar refractivity (Wildman–Crippen MR) is 115 cm³/mol. The topological polar surface area (TPSA) is 45.6 Å². The second-order valence-electron chi connectivity index (χ2n) is 7.95. The molecular formula is C24H26FN3O2. The Kier molecular flexibility index (Phi) is 6.06. The summed E-state index contributed by atoms with van der Waals surface area (Å²) >= 11 is 0. The summed E-state index contributed by atoms with van der Waals surface area (Å²) in [6, 6.07) is 13.0. The van der Waals surface area contributed by atoms with Crippen LogP contribution >= 0.6 is 0 Å². The zero-order valence-electron chi connectivity index (χ0n) is 17.2. The summed E-state index contributed by atoms with van der Waals surface area (Å²) in [7, 11) is 0. The minimum absolute atomic E-state index is 0.143. The SMILES string of the molecule is Cc1ccc2c(c1)c(C(=O)C=O)cn2CCN1CCN(Cc2ccccc2F)CC1. The zero-order valence-corrected chi connectivity index (χ0v) is 17.2. The molecule has 0 atom stereocenters. The number of Topliss-reactive ketones (excluding diaryl/α,β-unsaturated/α-hetero) is 1. The lowest BCUT2D eigenvalue weighted by molar-refractivity contribution is -0.104. The van der Waals surface area contributed by atoms with Gasteiger partial charge in [-0.05, 0) is 25.1 Å². The van der Waals surface area contributed by atoms with E-state index in [2.05, 4.69) is 14.4 Å². The van der Waals surface area contributed by atoms with E-state index in [0.29, 0.717) is 18.4 Å². The van der Waals surface area contributed by atoms with Gasteiger partial charge < -0.3 is 4.57 Å². The third-order valence-electron chi connectivity index (χ3n) is 5.88. The van der Waals surface area contributed by atoms with Gasteiger partial charge in [0.25, 0.3) is 0 Å². The van der Waals surface area contributed by atoms with Crippen molar-refractivity contribution in [2.45, 2.75) is 20.0 Å². The number of rotatable bonds is 7. The van der Waals surface area contributed by atoms with Crippen LogP contribution in [-0.2, 0) is 17.9 Å². The minimum Gasteiger partial charge on any atom is -0.345 e. The van der Waals surface area contributed by atoms with Crippen molar-refractivity contribution in [1.29, 1.82) is 0 Å². The van der Waals surface area contributed by atoms with Crippen molar-refractivity contribution < 1.29 is 14.0 Å². The summed E-state index contributed by atoms with van der Waals surface area (Å²) in [4.78, 5) is 27.7. The molecule has 1 aromatic heterocycles. The molecule has 156 valence electrons. The van der Waals surface area contributed by atoms with E-state index in [0.717, 1.165) is 61.3 Å². The lowest BCUT2D eigenvalue weighted by Gasteiger charge is -2.34. The van der Waals surface area contributed by atoms with E-state index in [-0.39, 0.29) is 5.82 Å². The van der Waals surface area contributed by atoms with Crippen LogP contribution in [0.3, 0.4) is 0 Å². The van der Waals surface area contributed by atoms with E-state index in [4.69, 9.17) is 0 Å². The molecule has 4 rings (SSSR count). The molecule has 5 nitrogen and oxygen atoms in total. The quantitative estimate of drug-likeness (QED) is 0.343. The predicted octanol–water partition coefficient (Wildman–Crippen LogP) is 3.29. The summed E-state index contributed by atoms with van der Waals surface area (Å²) in [5.41, 5.74) is 3.25. The second kappa shape index (κ2) is 8.90. The number of piperazine rings is 1. The molecule has 0 bridgehead atoms. The molecule has 0 spiro atoms. The Balaban J connectivity index is 1.38. The van der Waals surface area contributed by atoms with Crippen molar-refractivity contribution in [1.82, 2.24) is 14.4 Å². The molecule has 0 saturated carbocycles.